The van der Waals surface area contributed by atoms with E-state index in [0.29, 0.717) is 5.41 Å². The van der Waals surface area contributed by atoms with Crippen molar-refractivity contribution < 1.29 is 0 Å². The summed E-state index contributed by atoms with van der Waals surface area (Å²) in [5.74, 6) is 1.79. The van der Waals surface area contributed by atoms with E-state index in [2.05, 4.69) is 34.6 Å². The van der Waals surface area contributed by atoms with Crippen LogP contribution in [0.4, 0.5) is 0 Å². The zero-order chi connectivity index (χ0) is 10.3. The fourth-order valence-corrected chi connectivity index (χ4v) is 2.21. The first-order valence-corrected chi connectivity index (χ1v) is 5.93. The van der Waals surface area contributed by atoms with Gasteiger partial charge in [-0.3, -0.25) is 0 Å². The number of rotatable bonds is 7. The minimum absolute atomic E-state index is 0.487. The van der Waals surface area contributed by atoms with E-state index >= 15 is 0 Å². The van der Waals surface area contributed by atoms with Crippen molar-refractivity contribution in [2.24, 2.45) is 5.41 Å². The van der Waals surface area contributed by atoms with E-state index in [4.69, 9.17) is 0 Å². The van der Waals surface area contributed by atoms with Gasteiger partial charge in [-0.2, -0.15) is 0 Å². The Morgan fingerprint density at radius 2 is 1.31 bits per heavy atom. The van der Waals surface area contributed by atoms with Crippen molar-refractivity contribution >= 4 is 0 Å². The summed E-state index contributed by atoms with van der Waals surface area (Å²) in [6, 6.07) is 0. The lowest BCUT2D eigenvalue weighted by molar-refractivity contribution is 0.313. The Kier molecular flexibility index (Phi) is 6.45. The molecule has 1 radical (unpaired) electrons. The van der Waals surface area contributed by atoms with Gasteiger partial charge in [0, 0.05) is 0 Å². The second-order valence-electron chi connectivity index (χ2n) is 4.74. The van der Waals surface area contributed by atoms with E-state index < -0.39 is 0 Å². The van der Waals surface area contributed by atoms with Crippen LogP contribution in [-0.4, -0.2) is 0 Å². The molecule has 0 amide bonds. The Bertz CT molecular complexity index is 107. The van der Waals surface area contributed by atoms with Crippen LogP contribution in [0, 0.1) is 11.3 Å². The van der Waals surface area contributed by atoms with Gasteiger partial charge in [-0.1, -0.05) is 53.9 Å². The van der Waals surface area contributed by atoms with Crippen molar-refractivity contribution in [1.29, 1.82) is 0 Å². The maximum absolute atomic E-state index is 2.41. The first-order chi connectivity index (χ1) is 6.08. The van der Waals surface area contributed by atoms with Crippen molar-refractivity contribution in [3.8, 4) is 0 Å². The molecule has 0 unspecified atom stereocenters. The van der Waals surface area contributed by atoms with Crippen LogP contribution in [0.3, 0.4) is 0 Å². The molecule has 0 aromatic heterocycles. The Hall–Kier alpha value is 0. The molecule has 0 aromatic rings. The van der Waals surface area contributed by atoms with Gasteiger partial charge >= 0.3 is 0 Å². The van der Waals surface area contributed by atoms with Gasteiger partial charge in [-0.15, -0.1) is 0 Å². The highest BCUT2D eigenvalue weighted by Crippen LogP contribution is 2.39. The molecule has 0 atom stereocenters. The third-order valence-corrected chi connectivity index (χ3v) is 2.94. The molecule has 79 valence electrons. The van der Waals surface area contributed by atoms with Crippen LogP contribution < -0.4 is 0 Å². The Labute approximate surface area is 85.1 Å². The standard InChI is InChI=1S/C13H27/c1-6-9-12(10-7-2)13(4,5)11-8-3/h6-11H2,1-5H3. The Balaban J connectivity index is 4.13. The van der Waals surface area contributed by atoms with Gasteiger partial charge in [-0.05, 0) is 30.6 Å². The van der Waals surface area contributed by atoms with Crippen molar-refractivity contribution in [2.75, 3.05) is 0 Å². The first kappa shape index (κ1) is 13.0. The van der Waals surface area contributed by atoms with Crippen LogP contribution in [0.2, 0.25) is 0 Å². The van der Waals surface area contributed by atoms with Gasteiger partial charge in [0.25, 0.3) is 0 Å². The normalized spacial score (nSPS) is 12.5. The molecule has 0 aliphatic rings. The summed E-state index contributed by atoms with van der Waals surface area (Å²) in [7, 11) is 0. The number of hydrogen-bond donors (Lipinski definition) is 0. The summed E-state index contributed by atoms with van der Waals surface area (Å²) < 4.78 is 0. The van der Waals surface area contributed by atoms with E-state index in [1.165, 1.54) is 38.5 Å². The summed E-state index contributed by atoms with van der Waals surface area (Å²) in [6.07, 6.45) is 7.94. The predicted molar refractivity (Wildman–Crippen MR) is 61.7 cm³/mol. The molecule has 0 nitrogen and oxygen atoms in total. The van der Waals surface area contributed by atoms with E-state index in [1.807, 2.05) is 0 Å². The highest BCUT2D eigenvalue weighted by Gasteiger charge is 2.27. The van der Waals surface area contributed by atoms with E-state index in [1.54, 1.807) is 5.92 Å². The lowest BCUT2D eigenvalue weighted by Crippen LogP contribution is -2.21. The first-order valence-electron chi connectivity index (χ1n) is 5.93. The predicted octanol–water partition coefficient (Wildman–Crippen LogP) is 4.99. The molecule has 0 N–H and O–H groups in total. The van der Waals surface area contributed by atoms with Gasteiger partial charge in [0.15, 0.2) is 0 Å². The van der Waals surface area contributed by atoms with E-state index in [9.17, 15) is 0 Å². The summed E-state index contributed by atoms with van der Waals surface area (Å²) in [5, 5.41) is 0. The average Bonchev–Trinajstić information content (AvgIpc) is 2.04. The van der Waals surface area contributed by atoms with Crippen LogP contribution >= 0.6 is 0 Å². The van der Waals surface area contributed by atoms with Gasteiger partial charge < -0.3 is 0 Å². The van der Waals surface area contributed by atoms with Crippen LogP contribution in [-0.2, 0) is 0 Å². The Morgan fingerprint density at radius 3 is 1.62 bits per heavy atom. The van der Waals surface area contributed by atoms with E-state index in [-0.39, 0.29) is 0 Å². The van der Waals surface area contributed by atoms with Crippen LogP contribution in [0.15, 0.2) is 0 Å². The van der Waals surface area contributed by atoms with Crippen molar-refractivity contribution in [1.82, 2.24) is 0 Å². The Morgan fingerprint density at radius 1 is 0.846 bits per heavy atom. The van der Waals surface area contributed by atoms with Crippen molar-refractivity contribution in [2.45, 2.75) is 73.1 Å². The SMILES string of the molecule is CCC[C](CCC)C(C)(C)CCC. The molecule has 0 spiro atoms. The lowest BCUT2D eigenvalue weighted by Gasteiger charge is -2.33. The second kappa shape index (κ2) is 6.45. The zero-order valence-electron chi connectivity index (χ0n) is 10.2. The molecule has 0 aliphatic heterocycles. The van der Waals surface area contributed by atoms with Gasteiger partial charge in [0.05, 0.1) is 0 Å². The molecule has 0 rings (SSSR count). The molecule has 0 saturated heterocycles. The van der Waals surface area contributed by atoms with Crippen LogP contribution in [0.1, 0.15) is 73.1 Å². The smallest absolute Gasteiger partial charge is 0.0185 e. The highest BCUT2D eigenvalue weighted by atomic mass is 14.3. The molecule has 0 bridgehead atoms. The molecular weight excluding hydrogens is 156 g/mol. The minimum atomic E-state index is 0.487. The van der Waals surface area contributed by atoms with Crippen molar-refractivity contribution in [3.63, 3.8) is 0 Å². The van der Waals surface area contributed by atoms with Crippen LogP contribution in [0.25, 0.3) is 0 Å². The molecule has 0 aromatic carbocycles. The summed E-state index contributed by atoms with van der Waals surface area (Å²) >= 11 is 0. The third-order valence-electron chi connectivity index (χ3n) is 2.94. The average molecular weight is 183 g/mol. The van der Waals surface area contributed by atoms with Crippen molar-refractivity contribution in [3.05, 3.63) is 5.92 Å². The highest BCUT2D eigenvalue weighted by molar-refractivity contribution is 5.01. The van der Waals surface area contributed by atoms with Crippen LogP contribution in [0.5, 0.6) is 0 Å². The maximum atomic E-state index is 2.41. The van der Waals surface area contributed by atoms with Gasteiger partial charge in [0.2, 0.25) is 0 Å². The third kappa shape index (κ3) is 4.69. The minimum Gasteiger partial charge on any atom is -0.0654 e. The molecular formula is C13H27. The lowest BCUT2D eigenvalue weighted by atomic mass is 9.71. The maximum Gasteiger partial charge on any atom is -0.0185 e. The largest absolute Gasteiger partial charge is 0.0654 e. The quantitative estimate of drug-likeness (QED) is 0.522. The fourth-order valence-electron chi connectivity index (χ4n) is 2.21. The monoisotopic (exact) mass is 183 g/mol. The van der Waals surface area contributed by atoms with Gasteiger partial charge in [0.1, 0.15) is 0 Å². The number of hydrogen-bond acceptors (Lipinski definition) is 0. The molecule has 0 saturated carbocycles. The molecule has 0 aliphatic carbocycles. The second-order valence-corrected chi connectivity index (χ2v) is 4.74. The van der Waals surface area contributed by atoms with E-state index in [0.717, 1.165) is 0 Å². The molecule has 0 heteroatoms. The van der Waals surface area contributed by atoms with Gasteiger partial charge in [-0.25, -0.2) is 0 Å². The summed E-state index contributed by atoms with van der Waals surface area (Å²) in [4.78, 5) is 0. The molecule has 0 fully saturated rings. The molecule has 13 heavy (non-hydrogen) atoms. The summed E-state index contributed by atoms with van der Waals surface area (Å²) in [5.41, 5.74) is 0.487. The topological polar surface area (TPSA) is 0 Å². The fraction of sp³-hybridized carbons (Fsp3) is 0.923. The zero-order valence-corrected chi connectivity index (χ0v) is 10.2. The summed E-state index contributed by atoms with van der Waals surface area (Å²) in [6.45, 7) is 11.7. The molecule has 0 heterocycles.